The van der Waals surface area contributed by atoms with Crippen molar-refractivity contribution < 1.29 is 32.9 Å². The number of hydrogen-bond donors (Lipinski definition) is 0. The summed E-state index contributed by atoms with van der Waals surface area (Å²) in [5, 5.41) is 9.96. The van der Waals surface area contributed by atoms with Crippen molar-refractivity contribution in [2.45, 2.75) is 24.4 Å². The molecule has 0 radical (unpaired) electrons. The van der Waals surface area contributed by atoms with Gasteiger partial charge >= 0.3 is 5.97 Å². The maximum Gasteiger partial charge on any atom is 0.333 e. The average molecular weight is 339 g/mol. The number of carbonyl (C=O) groups is 1. The molecule has 2 atom stereocenters. The highest BCUT2D eigenvalue weighted by atomic mass is 16.8. The Bertz CT molecular complexity index is 613. The summed E-state index contributed by atoms with van der Waals surface area (Å²) in [4.78, 5) is 12.8. The second kappa shape index (κ2) is 6.53. The Hall–Kier alpha value is -1.92. The molecule has 2 rings (SSSR count). The van der Waals surface area contributed by atoms with Gasteiger partial charge in [-0.05, 0) is 19.1 Å². The van der Waals surface area contributed by atoms with Crippen molar-refractivity contribution in [3.8, 4) is 6.07 Å². The van der Waals surface area contributed by atoms with Crippen molar-refractivity contribution in [2.75, 3.05) is 35.0 Å². The van der Waals surface area contributed by atoms with Gasteiger partial charge in [-0.3, -0.25) is 4.79 Å². The largest absolute Gasteiger partial charge is 0.469 e. The zero-order valence-corrected chi connectivity index (χ0v) is 14.3. The van der Waals surface area contributed by atoms with Gasteiger partial charge in [0.1, 0.15) is 11.7 Å². The molecule has 0 amide bonds. The van der Waals surface area contributed by atoms with Crippen LogP contribution in [0.5, 0.6) is 0 Å². The fraction of sp³-hybridized carbons (Fsp3) is 0.625. The lowest BCUT2D eigenvalue weighted by Gasteiger charge is -2.65. The van der Waals surface area contributed by atoms with E-state index in [0.717, 1.165) is 0 Å². The van der Waals surface area contributed by atoms with Gasteiger partial charge in [-0.1, -0.05) is 0 Å². The lowest BCUT2D eigenvalue weighted by atomic mass is 9.50. The van der Waals surface area contributed by atoms with E-state index >= 15 is 0 Å². The first-order chi connectivity index (χ1) is 11.5. The Kier molecular flexibility index (Phi) is 5.01. The number of esters is 1. The van der Waals surface area contributed by atoms with Gasteiger partial charge < -0.3 is 28.1 Å². The Morgan fingerprint density at radius 1 is 1.25 bits per heavy atom. The smallest absolute Gasteiger partial charge is 0.333 e. The van der Waals surface area contributed by atoms with Crippen LogP contribution in [0.2, 0.25) is 0 Å². The molecule has 0 spiro atoms. The molecule has 1 aliphatic carbocycles. The summed E-state index contributed by atoms with van der Waals surface area (Å²) in [7, 11) is 5.36. The van der Waals surface area contributed by atoms with E-state index in [4.69, 9.17) is 28.1 Å². The first-order valence-electron chi connectivity index (χ1n) is 7.34. The molecular formula is C16H21NO7. The second-order valence-corrected chi connectivity index (χ2v) is 5.19. The Morgan fingerprint density at radius 3 is 2.25 bits per heavy atom. The van der Waals surface area contributed by atoms with Crippen LogP contribution in [-0.2, 0) is 28.5 Å². The van der Waals surface area contributed by atoms with Crippen LogP contribution in [0.3, 0.4) is 0 Å². The van der Waals surface area contributed by atoms with E-state index in [1.165, 1.54) is 34.7 Å². The van der Waals surface area contributed by atoms with Crippen LogP contribution in [0, 0.1) is 16.7 Å². The molecule has 0 aromatic carbocycles. The highest BCUT2D eigenvalue weighted by molar-refractivity contribution is 5.86. The first kappa shape index (κ1) is 18.4. The van der Waals surface area contributed by atoms with Crippen LogP contribution in [0.25, 0.3) is 0 Å². The van der Waals surface area contributed by atoms with Gasteiger partial charge in [0.2, 0.25) is 11.2 Å². The molecule has 1 fully saturated rings. The van der Waals surface area contributed by atoms with Gasteiger partial charge in [-0.2, -0.15) is 5.26 Å². The van der Waals surface area contributed by atoms with E-state index in [1.807, 2.05) is 6.07 Å². The van der Waals surface area contributed by atoms with Crippen molar-refractivity contribution in [1.29, 1.82) is 5.26 Å². The molecule has 8 nitrogen and oxygen atoms in total. The summed E-state index contributed by atoms with van der Waals surface area (Å²) in [6, 6.07) is 5.27. The first-order valence-corrected chi connectivity index (χ1v) is 7.34. The van der Waals surface area contributed by atoms with Crippen LogP contribution in [0.4, 0.5) is 0 Å². The summed E-state index contributed by atoms with van der Waals surface area (Å²) in [5.74, 6) is -4.88. The average Bonchev–Trinajstić information content (AvgIpc) is 3.10. The lowest BCUT2D eigenvalue weighted by molar-refractivity contribution is -0.485. The van der Waals surface area contributed by atoms with E-state index in [0.29, 0.717) is 5.76 Å². The van der Waals surface area contributed by atoms with Crippen LogP contribution in [0.1, 0.15) is 18.6 Å². The number of methoxy groups -OCH3 is 4. The Morgan fingerprint density at radius 2 is 1.88 bits per heavy atom. The fourth-order valence-corrected chi connectivity index (χ4v) is 3.68. The van der Waals surface area contributed by atoms with Gasteiger partial charge in [0.05, 0.1) is 18.9 Å². The summed E-state index contributed by atoms with van der Waals surface area (Å²) >= 11 is 0. The molecule has 1 heterocycles. The van der Waals surface area contributed by atoms with Crippen molar-refractivity contribution in [1.82, 2.24) is 0 Å². The zero-order chi connectivity index (χ0) is 18.0. The summed E-state index contributed by atoms with van der Waals surface area (Å²) in [6.45, 7) is 1.73. The number of nitrogens with zero attached hydrogens (tertiary/aromatic N) is 1. The van der Waals surface area contributed by atoms with Gasteiger partial charge in [-0.25, -0.2) is 0 Å². The van der Waals surface area contributed by atoms with E-state index in [1.54, 1.807) is 19.1 Å². The van der Waals surface area contributed by atoms with Crippen LogP contribution >= 0.6 is 0 Å². The van der Waals surface area contributed by atoms with E-state index in [2.05, 4.69) is 0 Å². The molecule has 24 heavy (non-hydrogen) atoms. The van der Waals surface area contributed by atoms with Crippen LogP contribution in [0.15, 0.2) is 22.8 Å². The summed E-state index contributed by atoms with van der Waals surface area (Å²) in [6.07, 6.45) is 1.43. The van der Waals surface area contributed by atoms with E-state index < -0.39 is 28.9 Å². The topological polar surface area (TPSA) is 100 Å². The molecule has 1 aromatic rings. The van der Waals surface area contributed by atoms with Crippen molar-refractivity contribution in [2.24, 2.45) is 5.41 Å². The fourth-order valence-electron chi connectivity index (χ4n) is 3.68. The van der Waals surface area contributed by atoms with Crippen molar-refractivity contribution >= 4 is 5.97 Å². The molecule has 1 aromatic heterocycles. The molecule has 1 aliphatic rings. The Balaban J connectivity index is 2.76. The molecule has 0 N–H and O–H groups in total. The SMILES string of the molecule is CCOC(=O)[C@@]1(C#N)[C@H](c2ccco2)C(OC)(OC)C1(OC)OC. The molecule has 0 bridgehead atoms. The van der Waals surface area contributed by atoms with Crippen LogP contribution < -0.4 is 0 Å². The number of ether oxygens (including phenoxy) is 5. The summed E-state index contributed by atoms with van der Waals surface area (Å²) < 4.78 is 32.6. The standard InChI is InChI=1S/C16H21NO7/c1-6-23-13(18)14(10-17)12(11-8-7-9-24-11)15(19-2,20-3)16(14,21-4)22-5/h7-9,12H,6H2,1-5H3/t12-,14+/m0/s1. The van der Waals surface area contributed by atoms with Gasteiger partial charge in [0.15, 0.2) is 0 Å². The van der Waals surface area contributed by atoms with Gasteiger partial charge in [0.25, 0.3) is 5.79 Å². The number of rotatable bonds is 7. The highest BCUT2D eigenvalue weighted by Crippen LogP contribution is 2.69. The highest BCUT2D eigenvalue weighted by Gasteiger charge is 2.90. The molecule has 0 aliphatic heterocycles. The number of nitriles is 1. The van der Waals surface area contributed by atoms with E-state index in [9.17, 15) is 10.1 Å². The van der Waals surface area contributed by atoms with Crippen molar-refractivity contribution in [3.05, 3.63) is 24.2 Å². The molecule has 1 saturated carbocycles. The molecular weight excluding hydrogens is 318 g/mol. The normalized spacial score (nSPS) is 27.1. The number of hydrogen-bond acceptors (Lipinski definition) is 8. The van der Waals surface area contributed by atoms with E-state index in [-0.39, 0.29) is 6.61 Å². The van der Waals surface area contributed by atoms with Crippen molar-refractivity contribution in [3.63, 3.8) is 0 Å². The predicted molar refractivity (Wildman–Crippen MR) is 79.6 cm³/mol. The minimum Gasteiger partial charge on any atom is -0.469 e. The molecule has 8 heteroatoms. The molecule has 0 unspecified atom stereocenters. The summed E-state index contributed by atoms with van der Waals surface area (Å²) in [5.41, 5.74) is -1.88. The monoisotopic (exact) mass is 339 g/mol. The maximum absolute atomic E-state index is 12.8. The second-order valence-electron chi connectivity index (χ2n) is 5.19. The zero-order valence-electron chi connectivity index (χ0n) is 14.3. The third kappa shape index (κ3) is 1.84. The minimum atomic E-state index is -1.88. The van der Waals surface area contributed by atoms with Gasteiger partial charge in [0, 0.05) is 28.4 Å². The predicted octanol–water partition coefficient (Wildman–Crippen LogP) is 1.43. The molecule has 132 valence electrons. The number of furan rings is 1. The third-order valence-corrected chi connectivity index (χ3v) is 4.57. The van der Waals surface area contributed by atoms with Crippen LogP contribution in [-0.4, -0.2) is 52.6 Å². The van der Waals surface area contributed by atoms with Gasteiger partial charge in [-0.15, -0.1) is 0 Å². The third-order valence-electron chi connectivity index (χ3n) is 4.57. The lowest BCUT2D eigenvalue weighted by Crippen LogP contribution is -2.84. The molecule has 0 saturated heterocycles. The Labute approximate surface area is 140 Å². The quantitative estimate of drug-likeness (QED) is 0.543. The maximum atomic E-state index is 12.8. The minimum absolute atomic E-state index is 0.0869. The number of carbonyl (C=O) groups excluding carboxylic acids is 1.